The second-order valence-electron chi connectivity index (χ2n) is 13.9. The summed E-state index contributed by atoms with van der Waals surface area (Å²) in [6.07, 6.45) is 0.443. The van der Waals surface area contributed by atoms with E-state index in [4.69, 9.17) is 34.0 Å². The zero-order valence-electron chi connectivity index (χ0n) is 36.5. The predicted octanol–water partition coefficient (Wildman–Crippen LogP) is -1.97. The van der Waals surface area contributed by atoms with Gasteiger partial charge in [-0.25, -0.2) is 19.6 Å². The molecule has 0 aliphatic carbocycles. The minimum absolute atomic E-state index is 0. The van der Waals surface area contributed by atoms with Gasteiger partial charge in [0, 0.05) is 115 Å². The van der Waals surface area contributed by atoms with Crippen LogP contribution in [0.25, 0.3) is 0 Å². The first kappa shape index (κ1) is 56.9. The first-order valence-corrected chi connectivity index (χ1v) is 20.4. The van der Waals surface area contributed by atoms with Crippen LogP contribution in [-0.4, -0.2) is 143 Å². The summed E-state index contributed by atoms with van der Waals surface area (Å²) >= 11 is 7.21. The van der Waals surface area contributed by atoms with Crippen LogP contribution in [0.4, 0.5) is 26.0 Å². The first-order valence-electron chi connectivity index (χ1n) is 18.8. The Morgan fingerprint density at radius 1 is 0.597 bits per heavy atom. The van der Waals surface area contributed by atoms with Crippen molar-refractivity contribution in [2.75, 3.05) is 105 Å². The number of piperazine rings is 2. The second-order valence-corrected chi connectivity index (χ2v) is 15.6. The van der Waals surface area contributed by atoms with E-state index in [0.717, 1.165) is 97.2 Å². The van der Waals surface area contributed by atoms with Gasteiger partial charge in [0.25, 0.3) is 0 Å². The molecular formula is C41H50Br2Cs2N8O9. The molecule has 2 amide bonds. The van der Waals surface area contributed by atoms with E-state index in [0.29, 0.717) is 23.0 Å². The van der Waals surface area contributed by atoms with Gasteiger partial charge in [-0.3, -0.25) is 9.80 Å². The fraction of sp³-hybridized carbons (Fsp3) is 0.390. The molecule has 4 heterocycles. The molecule has 0 bridgehead atoms. The third kappa shape index (κ3) is 18.5. The summed E-state index contributed by atoms with van der Waals surface area (Å²) in [6.45, 7) is 9.10. The van der Waals surface area contributed by atoms with Crippen molar-refractivity contribution in [3.05, 3.63) is 93.1 Å². The predicted molar refractivity (Wildman–Crippen MR) is 230 cm³/mol. The molecule has 2 aromatic carbocycles. The molecule has 0 N–H and O–H groups in total. The summed E-state index contributed by atoms with van der Waals surface area (Å²) in [4.78, 5) is 53.1. The Morgan fingerprint density at radius 2 is 0.935 bits per heavy atom. The van der Waals surface area contributed by atoms with Gasteiger partial charge in [-0.1, -0.05) is 44.0 Å². The Morgan fingerprint density at radius 3 is 1.21 bits per heavy atom. The van der Waals surface area contributed by atoms with Gasteiger partial charge in [-0.05, 0) is 65.8 Å². The largest absolute Gasteiger partial charge is 1.00 e. The second kappa shape index (κ2) is 29.4. The van der Waals surface area contributed by atoms with Crippen LogP contribution in [0, 0.1) is 0 Å². The minimum Gasteiger partial charge on any atom is -0.652 e. The Labute approximate surface area is 497 Å². The van der Waals surface area contributed by atoms with Gasteiger partial charge in [0.2, 0.25) is 0 Å². The van der Waals surface area contributed by atoms with Gasteiger partial charge >= 0.3 is 150 Å². The Balaban J connectivity index is 0.000000381. The summed E-state index contributed by atoms with van der Waals surface area (Å²) in [5, 5.41) is 16.7. The zero-order chi connectivity index (χ0) is 43.8. The van der Waals surface area contributed by atoms with Crippen molar-refractivity contribution >= 4 is 61.8 Å². The maximum atomic E-state index is 11.9. The molecule has 2 saturated heterocycles. The number of nitrogens with zero attached hydrogens (tertiary/aromatic N) is 8. The smallest absolute Gasteiger partial charge is 0.652 e. The molecule has 0 spiro atoms. The van der Waals surface area contributed by atoms with Crippen molar-refractivity contribution in [2.45, 2.75) is 13.1 Å². The number of methoxy groups -OCH3 is 2. The monoisotopic (exact) mass is 1220 g/mol. The topological polar surface area (TPSA) is 179 Å². The number of anilines is 2. The molecule has 0 saturated carbocycles. The maximum absolute atomic E-state index is 11.9. The average Bonchev–Trinajstić information content (AvgIpc) is 3.23. The molecule has 324 valence electrons. The summed E-state index contributed by atoms with van der Waals surface area (Å²) in [5.74, 6) is 3.93. The van der Waals surface area contributed by atoms with Crippen LogP contribution >= 0.6 is 31.9 Å². The zero-order valence-corrected chi connectivity index (χ0v) is 52.2. The van der Waals surface area contributed by atoms with Crippen molar-refractivity contribution < 1.29 is 181 Å². The number of hydrogen-bond acceptors (Lipinski definition) is 15. The van der Waals surface area contributed by atoms with E-state index in [1.165, 1.54) is 9.80 Å². The molecule has 17 nitrogen and oxygen atoms in total. The summed E-state index contributed by atoms with van der Waals surface area (Å²) in [5.41, 5.74) is 2.18. The van der Waals surface area contributed by atoms with Gasteiger partial charge < -0.3 is 53.6 Å². The third-order valence-corrected chi connectivity index (χ3v) is 10.7. The Hall–Kier alpha value is -1.27. The van der Waals surface area contributed by atoms with E-state index in [9.17, 15) is 9.59 Å². The summed E-state index contributed by atoms with van der Waals surface area (Å²) < 4.78 is 23.4. The van der Waals surface area contributed by atoms with Crippen LogP contribution in [0.3, 0.4) is 0 Å². The van der Waals surface area contributed by atoms with Crippen LogP contribution in [-0.2, 0) is 13.1 Å². The number of pyridine rings is 2. The molecule has 2 aliphatic heterocycles. The maximum Gasteiger partial charge on any atom is 1.00 e. The van der Waals surface area contributed by atoms with Crippen molar-refractivity contribution in [2.24, 2.45) is 0 Å². The molecule has 0 unspecified atom stereocenters. The number of carbonyl (C=O) groups is 3. The average molecular weight is 1220 g/mol. The number of benzene rings is 2. The Kier molecular flexibility index (Phi) is 27.0. The number of hydrogen-bond donors (Lipinski definition) is 0. The standard InChI is InChI=1S/2C20H25BrN4O3.CH2O3.2Cs/c2*1-23(2)20(26)28-18-13-16(21)15(12-17(18)27-3)14-24-8-10-25(11-9-24)19-6-4-5-7-22-19;2-1(3)4;;/h2*4-7,12-13H,8-11,14H2,1-3H3;(H2,2,3,4);;/q;;;2*+1/p-2. The first-order chi connectivity index (χ1) is 28.7. The summed E-state index contributed by atoms with van der Waals surface area (Å²) in [6, 6.07) is 19.4. The van der Waals surface area contributed by atoms with E-state index in [1.807, 2.05) is 60.9 Å². The SMILES string of the molecule is COc1cc(CN2CCN(c3ccccn3)CC2)c(Br)cc1OC(=O)N(C)C.COc1cc(CN2CCN(c3ccccn3)CC2)c(Br)cc1OC(=O)N(C)C.O=C([O-])[O-].[Cs+].[Cs+]. The van der Waals surface area contributed by atoms with Crippen LogP contribution in [0.1, 0.15) is 11.1 Å². The van der Waals surface area contributed by atoms with Gasteiger partial charge in [0.1, 0.15) is 11.6 Å². The molecule has 4 aromatic rings. The molecule has 0 atom stereocenters. The third-order valence-electron chi connectivity index (χ3n) is 9.27. The van der Waals surface area contributed by atoms with Gasteiger partial charge in [0.15, 0.2) is 23.0 Å². The fourth-order valence-electron chi connectivity index (χ4n) is 6.08. The molecule has 21 heteroatoms. The number of ether oxygens (including phenoxy) is 4. The van der Waals surface area contributed by atoms with Crippen LogP contribution in [0.5, 0.6) is 23.0 Å². The molecule has 62 heavy (non-hydrogen) atoms. The van der Waals surface area contributed by atoms with E-state index >= 15 is 0 Å². The molecule has 2 aliphatic rings. The van der Waals surface area contributed by atoms with E-state index in [-0.39, 0.29) is 138 Å². The molecule has 2 aromatic heterocycles. The van der Waals surface area contributed by atoms with Crippen molar-refractivity contribution in [3.63, 3.8) is 0 Å². The van der Waals surface area contributed by atoms with Crippen molar-refractivity contribution in [1.29, 1.82) is 0 Å². The van der Waals surface area contributed by atoms with Gasteiger partial charge in [0.05, 0.1) is 14.2 Å². The normalized spacial score (nSPS) is 13.6. The van der Waals surface area contributed by atoms with Crippen LogP contribution in [0.15, 0.2) is 82.0 Å². The van der Waals surface area contributed by atoms with Crippen LogP contribution < -0.4 is 177 Å². The number of amides is 2. The van der Waals surface area contributed by atoms with E-state index in [2.05, 4.69) is 61.4 Å². The molecule has 2 fully saturated rings. The Bertz CT molecular complexity index is 1870. The molecular weight excluding hydrogens is 1170 g/mol. The van der Waals surface area contributed by atoms with Crippen LogP contribution in [0.2, 0.25) is 0 Å². The summed E-state index contributed by atoms with van der Waals surface area (Å²) in [7, 11) is 9.72. The van der Waals surface area contributed by atoms with E-state index in [1.54, 1.807) is 54.5 Å². The van der Waals surface area contributed by atoms with Gasteiger partial charge in [-0.2, -0.15) is 0 Å². The number of carboxylic acid groups (broad SMARTS) is 2. The van der Waals surface area contributed by atoms with Crippen molar-refractivity contribution in [3.8, 4) is 23.0 Å². The quantitative estimate of drug-likeness (QED) is 0.171. The number of carbonyl (C=O) groups excluding carboxylic acids is 3. The molecule has 6 rings (SSSR count). The molecule has 0 radical (unpaired) electrons. The number of aromatic nitrogens is 2. The number of rotatable bonds is 10. The van der Waals surface area contributed by atoms with Gasteiger partial charge in [-0.15, -0.1) is 0 Å². The number of halogens is 2. The van der Waals surface area contributed by atoms with E-state index < -0.39 is 18.3 Å². The van der Waals surface area contributed by atoms with Crippen molar-refractivity contribution in [1.82, 2.24) is 29.6 Å². The fourth-order valence-corrected chi connectivity index (χ4v) is 6.98. The minimum atomic E-state index is -2.33.